The van der Waals surface area contributed by atoms with Crippen LogP contribution in [0.5, 0.6) is 0 Å². The quantitative estimate of drug-likeness (QED) is 0.675. The molecule has 0 unspecified atom stereocenters. The third-order valence-corrected chi connectivity index (χ3v) is 9.38. The monoisotopic (exact) mass is 484 g/mol. The van der Waals surface area contributed by atoms with E-state index in [0.29, 0.717) is 23.9 Å². The van der Waals surface area contributed by atoms with Gasteiger partial charge in [0.2, 0.25) is 16.0 Å². The Hall–Kier alpha value is -2.23. The molecule has 2 fully saturated rings. The van der Waals surface area contributed by atoms with Crippen LogP contribution in [0.1, 0.15) is 36.9 Å². The molecule has 3 aliphatic rings. The zero-order valence-electron chi connectivity index (χ0n) is 20.1. The molecule has 0 spiro atoms. The third kappa shape index (κ3) is 5.06. The number of likely N-dealkylation sites (N-methyl/N-ethyl adjacent to an activating group) is 1. The maximum absolute atomic E-state index is 12.9. The second kappa shape index (κ2) is 10.2. The number of aryl methyl sites for hydroxylation is 1. The van der Waals surface area contributed by atoms with E-state index < -0.39 is 10.0 Å². The first-order valence-corrected chi connectivity index (χ1v) is 14.1. The van der Waals surface area contributed by atoms with Gasteiger partial charge < -0.3 is 15.1 Å². The Morgan fingerprint density at radius 3 is 2.38 bits per heavy atom. The minimum atomic E-state index is -3.40. The smallest absolute Gasteiger partial charge is 0.243 e. The fourth-order valence-corrected chi connectivity index (χ4v) is 6.70. The third-order valence-electron chi connectivity index (χ3n) is 7.47. The van der Waals surface area contributed by atoms with Crippen LogP contribution in [0.15, 0.2) is 35.2 Å². The Bertz CT molecular complexity index is 1080. The minimum absolute atomic E-state index is 0.385. The van der Waals surface area contributed by atoms with Crippen molar-refractivity contribution in [3.05, 3.63) is 41.6 Å². The van der Waals surface area contributed by atoms with Gasteiger partial charge in [0.1, 0.15) is 5.82 Å². The number of anilines is 2. The number of fused-ring (bicyclic) bond motifs is 1. The van der Waals surface area contributed by atoms with Gasteiger partial charge in [-0.2, -0.15) is 9.29 Å². The van der Waals surface area contributed by atoms with Crippen LogP contribution >= 0.6 is 0 Å². The summed E-state index contributed by atoms with van der Waals surface area (Å²) < 4.78 is 27.5. The molecular formula is C25H36N6O2S. The number of sulfonamides is 1. The molecule has 0 radical (unpaired) electrons. The zero-order chi connectivity index (χ0) is 23.5. The van der Waals surface area contributed by atoms with E-state index in [0.717, 1.165) is 70.2 Å². The average molecular weight is 485 g/mol. The summed E-state index contributed by atoms with van der Waals surface area (Å²) in [6.07, 6.45) is 6.17. The largest absolute Gasteiger partial charge is 0.369 e. The topological polar surface area (TPSA) is 81.7 Å². The SMILES string of the molecule is CN1CCN(c2nc3c(c(NCC4CCN(S(=O)(=O)c5ccccc5)CC4)n2)CCCC3)CC1. The van der Waals surface area contributed by atoms with Crippen LogP contribution < -0.4 is 10.2 Å². The maximum atomic E-state index is 12.9. The van der Waals surface area contributed by atoms with Crippen LogP contribution in [0.4, 0.5) is 11.8 Å². The van der Waals surface area contributed by atoms with Crippen molar-refractivity contribution in [1.82, 2.24) is 19.2 Å². The highest BCUT2D eigenvalue weighted by molar-refractivity contribution is 7.89. The molecule has 8 nitrogen and oxygen atoms in total. The van der Waals surface area contributed by atoms with Crippen molar-refractivity contribution in [1.29, 1.82) is 0 Å². The summed E-state index contributed by atoms with van der Waals surface area (Å²) >= 11 is 0. The van der Waals surface area contributed by atoms with Crippen LogP contribution in [-0.2, 0) is 22.9 Å². The van der Waals surface area contributed by atoms with Gasteiger partial charge in [-0.25, -0.2) is 13.4 Å². The van der Waals surface area contributed by atoms with Gasteiger partial charge in [0.25, 0.3) is 0 Å². The van der Waals surface area contributed by atoms with Crippen molar-refractivity contribution in [2.24, 2.45) is 5.92 Å². The molecule has 2 aromatic rings. The molecule has 1 aromatic heterocycles. The van der Waals surface area contributed by atoms with E-state index in [1.165, 1.54) is 24.1 Å². The van der Waals surface area contributed by atoms with Crippen molar-refractivity contribution in [3.8, 4) is 0 Å². The molecule has 0 atom stereocenters. The Kier molecular flexibility index (Phi) is 7.04. The fraction of sp³-hybridized carbons (Fsp3) is 0.600. The first-order chi connectivity index (χ1) is 16.5. The number of piperazine rings is 1. The van der Waals surface area contributed by atoms with Crippen molar-refractivity contribution in [2.45, 2.75) is 43.4 Å². The normalized spacial score (nSPS) is 20.8. The number of benzene rings is 1. The lowest BCUT2D eigenvalue weighted by atomic mass is 9.95. The van der Waals surface area contributed by atoms with E-state index in [1.807, 2.05) is 6.07 Å². The summed E-state index contributed by atoms with van der Waals surface area (Å²) in [4.78, 5) is 15.0. The lowest BCUT2D eigenvalue weighted by Gasteiger charge is -2.34. The van der Waals surface area contributed by atoms with Crippen LogP contribution in [0.3, 0.4) is 0 Å². The highest BCUT2D eigenvalue weighted by Gasteiger charge is 2.30. The molecule has 3 heterocycles. The highest BCUT2D eigenvalue weighted by atomic mass is 32.2. The van der Waals surface area contributed by atoms with E-state index in [1.54, 1.807) is 28.6 Å². The van der Waals surface area contributed by atoms with Crippen LogP contribution in [0.25, 0.3) is 0 Å². The van der Waals surface area contributed by atoms with Gasteiger partial charge in [-0.05, 0) is 63.6 Å². The first-order valence-electron chi connectivity index (χ1n) is 12.6. The number of nitrogens with zero attached hydrogens (tertiary/aromatic N) is 5. The second-order valence-electron chi connectivity index (χ2n) is 9.84. The zero-order valence-corrected chi connectivity index (χ0v) is 20.9. The minimum Gasteiger partial charge on any atom is -0.369 e. The first kappa shape index (κ1) is 23.5. The van der Waals surface area contributed by atoms with Crippen LogP contribution in [0.2, 0.25) is 0 Å². The summed E-state index contributed by atoms with van der Waals surface area (Å²) in [5, 5.41) is 3.66. The summed E-state index contributed by atoms with van der Waals surface area (Å²) in [7, 11) is -1.24. The maximum Gasteiger partial charge on any atom is 0.243 e. The molecule has 1 aromatic carbocycles. The molecule has 1 aliphatic carbocycles. The molecule has 0 amide bonds. The molecule has 1 N–H and O–H groups in total. The van der Waals surface area contributed by atoms with E-state index >= 15 is 0 Å². The predicted molar refractivity (Wildman–Crippen MR) is 135 cm³/mol. The average Bonchev–Trinajstić information content (AvgIpc) is 2.88. The molecule has 0 bridgehead atoms. The molecule has 2 saturated heterocycles. The molecule has 34 heavy (non-hydrogen) atoms. The number of hydrogen-bond donors (Lipinski definition) is 1. The highest BCUT2D eigenvalue weighted by Crippen LogP contribution is 2.29. The summed E-state index contributed by atoms with van der Waals surface area (Å²) in [5.74, 6) is 2.29. The molecule has 0 saturated carbocycles. The van der Waals surface area contributed by atoms with E-state index in [4.69, 9.17) is 9.97 Å². The summed E-state index contributed by atoms with van der Waals surface area (Å²) in [6, 6.07) is 8.76. The fourth-order valence-electron chi connectivity index (χ4n) is 5.21. The van der Waals surface area contributed by atoms with Crippen molar-refractivity contribution in [2.75, 3.05) is 63.1 Å². The number of piperidine rings is 1. The summed E-state index contributed by atoms with van der Waals surface area (Å²) in [5.41, 5.74) is 2.50. The number of hydrogen-bond acceptors (Lipinski definition) is 7. The van der Waals surface area contributed by atoms with E-state index in [-0.39, 0.29) is 0 Å². The molecule has 184 valence electrons. The molecule has 5 rings (SSSR count). The summed E-state index contributed by atoms with van der Waals surface area (Å²) in [6.45, 7) is 5.95. The van der Waals surface area contributed by atoms with Gasteiger partial charge in [0.05, 0.1) is 10.6 Å². The Morgan fingerprint density at radius 2 is 1.65 bits per heavy atom. The van der Waals surface area contributed by atoms with E-state index in [9.17, 15) is 8.42 Å². The Labute approximate surface area is 203 Å². The van der Waals surface area contributed by atoms with E-state index in [2.05, 4.69) is 22.2 Å². The molecule has 2 aliphatic heterocycles. The Morgan fingerprint density at radius 1 is 0.941 bits per heavy atom. The van der Waals surface area contributed by atoms with Crippen LogP contribution in [-0.4, -0.2) is 80.5 Å². The lowest BCUT2D eigenvalue weighted by molar-refractivity contribution is 0.282. The van der Waals surface area contributed by atoms with Crippen molar-refractivity contribution < 1.29 is 8.42 Å². The Balaban J connectivity index is 1.23. The molecule has 9 heteroatoms. The van der Waals surface area contributed by atoms with Crippen molar-refractivity contribution in [3.63, 3.8) is 0 Å². The molecular weight excluding hydrogens is 448 g/mol. The second-order valence-corrected chi connectivity index (χ2v) is 11.8. The van der Waals surface area contributed by atoms with Gasteiger partial charge in [-0.15, -0.1) is 0 Å². The van der Waals surface area contributed by atoms with Crippen molar-refractivity contribution >= 4 is 21.8 Å². The number of aromatic nitrogens is 2. The number of nitrogens with one attached hydrogen (secondary N) is 1. The lowest BCUT2D eigenvalue weighted by Crippen LogP contribution is -2.45. The number of rotatable bonds is 6. The van der Waals surface area contributed by atoms with Gasteiger partial charge in [-0.1, -0.05) is 18.2 Å². The van der Waals surface area contributed by atoms with Gasteiger partial charge in [-0.3, -0.25) is 0 Å². The van der Waals surface area contributed by atoms with Gasteiger partial charge >= 0.3 is 0 Å². The van der Waals surface area contributed by atoms with Gasteiger partial charge in [0, 0.05) is 51.4 Å². The standard InChI is InChI=1S/C25H36N6O2S/c1-29-15-17-30(18-16-29)25-27-23-10-6-5-9-22(23)24(28-25)26-19-20-11-13-31(14-12-20)34(32,33)21-7-3-2-4-8-21/h2-4,7-8,20H,5-6,9-19H2,1H3,(H,26,27,28). The predicted octanol–water partition coefficient (Wildman–Crippen LogP) is 2.62. The van der Waals surface area contributed by atoms with Gasteiger partial charge in [0.15, 0.2) is 0 Å². The van der Waals surface area contributed by atoms with Crippen LogP contribution in [0, 0.1) is 5.92 Å².